The van der Waals surface area contributed by atoms with Gasteiger partial charge in [0, 0.05) is 5.56 Å². The number of carbonyl (C=O) groups excluding carboxylic acids is 1. The summed E-state index contributed by atoms with van der Waals surface area (Å²) in [5.41, 5.74) is -0.0129. The molecule has 0 aliphatic carbocycles. The lowest BCUT2D eigenvalue weighted by Crippen LogP contribution is -2.00. The lowest BCUT2D eigenvalue weighted by molar-refractivity contribution is 0.108. The maximum atomic E-state index is 11.3. The first-order chi connectivity index (χ1) is 5.70. The molecule has 12 heavy (non-hydrogen) atoms. The first-order valence-electron chi connectivity index (χ1n) is 3.64. The maximum absolute atomic E-state index is 11.3. The Morgan fingerprint density at radius 1 is 1.42 bits per heavy atom. The van der Waals surface area contributed by atoms with E-state index in [1.54, 1.807) is 31.2 Å². The molecule has 1 aromatic rings. The topological polar surface area (TPSA) is 37.3 Å². The minimum Gasteiger partial charge on any atom is -0.382 e. The van der Waals surface area contributed by atoms with Gasteiger partial charge in [-0.15, -0.1) is 0 Å². The Kier molecular flexibility index (Phi) is 3.31. The van der Waals surface area contributed by atoms with Gasteiger partial charge in [0.25, 0.3) is 0 Å². The molecule has 2 nitrogen and oxygen atoms in total. The van der Waals surface area contributed by atoms with Crippen molar-refractivity contribution >= 4 is 16.9 Å². The second-order valence-corrected chi connectivity index (χ2v) is 3.66. The van der Waals surface area contributed by atoms with Crippen LogP contribution >= 0.6 is 11.8 Å². The van der Waals surface area contributed by atoms with Crippen molar-refractivity contribution < 1.29 is 9.90 Å². The monoisotopic (exact) mass is 182 g/mol. The molecular weight excluding hydrogens is 172 g/mol. The Bertz CT molecular complexity index is 256. The van der Waals surface area contributed by atoms with Gasteiger partial charge in [-0.3, -0.25) is 4.79 Å². The maximum Gasteiger partial charge on any atom is 0.221 e. The second kappa shape index (κ2) is 4.28. The van der Waals surface area contributed by atoms with E-state index >= 15 is 0 Å². The lowest BCUT2D eigenvalue weighted by Gasteiger charge is -2.01. The van der Waals surface area contributed by atoms with Gasteiger partial charge in [0.15, 0.2) is 0 Å². The minimum absolute atomic E-state index is 0.0920. The van der Waals surface area contributed by atoms with Gasteiger partial charge in [-0.2, -0.15) is 0 Å². The number of hydrogen-bond donors (Lipinski definition) is 1. The number of benzene rings is 1. The molecule has 1 aromatic carbocycles. The Labute approximate surface area is 75.6 Å². The zero-order valence-electron chi connectivity index (χ0n) is 6.73. The van der Waals surface area contributed by atoms with E-state index in [1.165, 1.54) is 0 Å². The molecule has 0 radical (unpaired) electrons. The molecule has 64 valence electrons. The van der Waals surface area contributed by atoms with Crippen molar-refractivity contribution in [1.82, 2.24) is 0 Å². The molecule has 0 spiro atoms. The highest BCUT2D eigenvalue weighted by atomic mass is 32.2. The molecule has 0 fully saturated rings. The number of rotatable bonds is 2. The highest BCUT2D eigenvalue weighted by Gasteiger charge is 2.08. The summed E-state index contributed by atoms with van der Waals surface area (Å²) < 4.78 is 0. The summed E-state index contributed by atoms with van der Waals surface area (Å²) in [6, 6.07) is 8.92. The van der Waals surface area contributed by atoms with E-state index in [0.29, 0.717) is 5.56 Å². The van der Waals surface area contributed by atoms with Gasteiger partial charge in [-0.05, 0) is 6.92 Å². The molecule has 0 amide bonds. The fourth-order valence-electron chi connectivity index (χ4n) is 0.797. The molecule has 1 unspecified atom stereocenters. The third-order valence-corrected chi connectivity index (χ3v) is 2.08. The lowest BCUT2D eigenvalue weighted by atomic mass is 10.2. The van der Waals surface area contributed by atoms with Crippen LogP contribution in [0, 0.1) is 0 Å². The minimum atomic E-state index is -0.641. The van der Waals surface area contributed by atoms with Crippen molar-refractivity contribution in [3.05, 3.63) is 35.9 Å². The molecular formula is C9H10O2S. The van der Waals surface area contributed by atoms with Crippen molar-refractivity contribution in [3.63, 3.8) is 0 Å². The summed E-state index contributed by atoms with van der Waals surface area (Å²) in [6.07, 6.45) is 0. The van der Waals surface area contributed by atoms with E-state index in [1.807, 2.05) is 6.07 Å². The van der Waals surface area contributed by atoms with E-state index < -0.39 is 5.44 Å². The van der Waals surface area contributed by atoms with Crippen LogP contribution in [-0.2, 0) is 0 Å². The van der Waals surface area contributed by atoms with Crippen LogP contribution in [0.15, 0.2) is 30.3 Å². The van der Waals surface area contributed by atoms with Crippen LogP contribution in [0.3, 0.4) is 0 Å². The summed E-state index contributed by atoms with van der Waals surface area (Å²) >= 11 is 0.924. The Morgan fingerprint density at radius 2 is 2.00 bits per heavy atom. The molecule has 0 heterocycles. The van der Waals surface area contributed by atoms with Gasteiger partial charge < -0.3 is 5.11 Å². The van der Waals surface area contributed by atoms with Crippen LogP contribution < -0.4 is 0 Å². The molecule has 0 aliphatic rings. The van der Waals surface area contributed by atoms with Gasteiger partial charge in [-0.25, -0.2) is 0 Å². The predicted molar refractivity (Wildman–Crippen MR) is 50.0 cm³/mol. The molecule has 0 bridgehead atoms. The standard InChI is InChI=1S/C9H10O2S/c1-7(10)12-9(11)8-5-3-2-4-6-8/h2-7,10H,1H3. The van der Waals surface area contributed by atoms with E-state index in [2.05, 4.69) is 0 Å². The molecule has 1 rings (SSSR count). The van der Waals surface area contributed by atoms with E-state index in [9.17, 15) is 4.79 Å². The van der Waals surface area contributed by atoms with Crippen molar-refractivity contribution in [2.45, 2.75) is 12.4 Å². The first-order valence-corrected chi connectivity index (χ1v) is 4.52. The molecule has 3 heteroatoms. The van der Waals surface area contributed by atoms with Crippen LogP contribution in [0.5, 0.6) is 0 Å². The normalized spacial score (nSPS) is 12.5. The van der Waals surface area contributed by atoms with E-state index in [-0.39, 0.29) is 5.12 Å². The Hall–Kier alpha value is -0.800. The number of aliphatic hydroxyl groups excluding tert-OH is 1. The molecule has 0 saturated carbocycles. The number of aliphatic hydroxyl groups is 1. The SMILES string of the molecule is CC(O)SC(=O)c1ccccc1. The van der Waals surface area contributed by atoms with Gasteiger partial charge >= 0.3 is 0 Å². The predicted octanol–water partition coefficient (Wildman–Crippen LogP) is 1.90. The number of thioether (sulfide) groups is 1. The largest absolute Gasteiger partial charge is 0.382 e. The number of carbonyl (C=O) groups is 1. The van der Waals surface area contributed by atoms with Crippen LogP contribution in [-0.4, -0.2) is 15.7 Å². The second-order valence-electron chi connectivity index (χ2n) is 2.37. The summed E-state index contributed by atoms with van der Waals surface area (Å²) in [4.78, 5) is 11.3. The zero-order chi connectivity index (χ0) is 8.97. The summed E-state index contributed by atoms with van der Waals surface area (Å²) in [6.45, 7) is 1.57. The third-order valence-electron chi connectivity index (χ3n) is 1.29. The molecule has 0 aromatic heterocycles. The number of hydrogen-bond acceptors (Lipinski definition) is 3. The highest BCUT2D eigenvalue weighted by Crippen LogP contribution is 2.15. The van der Waals surface area contributed by atoms with Gasteiger partial charge in [0.2, 0.25) is 5.12 Å². The molecule has 1 atom stereocenters. The summed E-state index contributed by atoms with van der Waals surface area (Å²) in [7, 11) is 0. The highest BCUT2D eigenvalue weighted by molar-refractivity contribution is 8.14. The molecule has 0 aliphatic heterocycles. The average molecular weight is 182 g/mol. The van der Waals surface area contributed by atoms with Gasteiger partial charge in [0.1, 0.15) is 5.44 Å². The van der Waals surface area contributed by atoms with E-state index in [0.717, 1.165) is 11.8 Å². The molecule has 0 saturated heterocycles. The van der Waals surface area contributed by atoms with Crippen molar-refractivity contribution in [2.75, 3.05) is 0 Å². The fraction of sp³-hybridized carbons (Fsp3) is 0.222. The van der Waals surface area contributed by atoms with Crippen LogP contribution in [0.2, 0.25) is 0 Å². The van der Waals surface area contributed by atoms with Crippen LogP contribution in [0.4, 0.5) is 0 Å². The fourth-order valence-corrected chi connectivity index (χ4v) is 1.38. The van der Waals surface area contributed by atoms with Crippen molar-refractivity contribution in [2.24, 2.45) is 0 Å². The van der Waals surface area contributed by atoms with Gasteiger partial charge in [0.05, 0.1) is 0 Å². The average Bonchev–Trinajstić information content (AvgIpc) is 2.05. The Morgan fingerprint density at radius 3 is 2.50 bits per heavy atom. The summed E-state index contributed by atoms with van der Waals surface area (Å²) in [5, 5.41) is 8.83. The van der Waals surface area contributed by atoms with Crippen molar-refractivity contribution in [1.29, 1.82) is 0 Å². The smallest absolute Gasteiger partial charge is 0.221 e. The van der Waals surface area contributed by atoms with Crippen molar-refractivity contribution in [3.8, 4) is 0 Å². The van der Waals surface area contributed by atoms with E-state index in [4.69, 9.17) is 5.11 Å². The Balaban J connectivity index is 2.66. The third kappa shape index (κ3) is 2.68. The quantitative estimate of drug-likeness (QED) is 0.710. The summed E-state index contributed by atoms with van der Waals surface area (Å²) in [5.74, 6) is 0. The first kappa shape index (κ1) is 9.29. The zero-order valence-corrected chi connectivity index (χ0v) is 7.54. The van der Waals surface area contributed by atoms with Crippen LogP contribution in [0.1, 0.15) is 17.3 Å². The molecule has 1 N–H and O–H groups in total. The van der Waals surface area contributed by atoms with Gasteiger partial charge in [-0.1, -0.05) is 42.1 Å². The van der Waals surface area contributed by atoms with Crippen LogP contribution in [0.25, 0.3) is 0 Å².